The number of hydrogen-bond acceptors (Lipinski definition) is 7. The van der Waals surface area contributed by atoms with Gasteiger partial charge in [0.1, 0.15) is 11.5 Å². The lowest BCUT2D eigenvalue weighted by Gasteiger charge is -2.35. The molecule has 9 nitrogen and oxygen atoms in total. The first kappa shape index (κ1) is 34.8. The summed E-state index contributed by atoms with van der Waals surface area (Å²) in [4.78, 5) is 41.6. The van der Waals surface area contributed by atoms with Crippen molar-refractivity contribution in [2.45, 2.75) is 78.8 Å². The molecular formula is C38H47ClFN7O2. The number of rotatable bonds is 7. The van der Waals surface area contributed by atoms with E-state index in [0.29, 0.717) is 52.9 Å². The minimum Gasteiger partial charge on any atom is -0.369 e. The molecule has 49 heavy (non-hydrogen) atoms. The first-order valence-corrected chi connectivity index (χ1v) is 17.6. The van der Waals surface area contributed by atoms with Crippen molar-refractivity contribution in [3.8, 4) is 11.1 Å². The Labute approximate surface area is 292 Å². The zero-order valence-electron chi connectivity index (χ0n) is 29.4. The SMILES string of the molecule is Cc1cc(Nc2ncc3c(C)c(-c4cccc(F)c4Cl)c(=O)n([C@H]4CC[C@@H](NC(=O)CC(C)(C)C)CC4)c3n2)ccc1N1CCN(C)CC1. The number of nitrogens with zero attached hydrogens (tertiary/aromatic N) is 5. The van der Waals surface area contributed by atoms with E-state index in [1.54, 1.807) is 22.9 Å². The minimum absolute atomic E-state index is 0.0413. The van der Waals surface area contributed by atoms with E-state index in [-0.39, 0.29) is 34.0 Å². The molecule has 6 rings (SSSR count). The highest BCUT2D eigenvalue weighted by Gasteiger charge is 2.29. The molecule has 1 aliphatic heterocycles. The van der Waals surface area contributed by atoms with Gasteiger partial charge in [-0.2, -0.15) is 4.98 Å². The Morgan fingerprint density at radius 1 is 1.04 bits per heavy atom. The third kappa shape index (κ3) is 7.60. The minimum atomic E-state index is -0.583. The third-order valence-electron chi connectivity index (χ3n) is 9.84. The lowest BCUT2D eigenvalue weighted by atomic mass is 9.88. The molecule has 2 N–H and O–H groups in total. The zero-order chi connectivity index (χ0) is 35.0. The number of aromatic nitrogens is 3. The van der Waals surface area contributed by atoms with Crippen molar-refractivity contribution in [3.05, 3.63) is 74.9 Å². The average Bonchev–Trinajstić information content (AvgIpc) is 3.03. The molecule has 2 aromatic carbocycles. The van der Waals surface area contributed by atoms with Crippen LogP contribution in [-0.4, -0.2) is 64.6 Å². The van der Waals surface area contributed by atoms with Crippen LogP contribution in [0.1, 0.15) is 70.0 Å². The lowest BCUT2D eigenvalue weighted by Crippen LogP contribution is -2.44. The molecule has 1 aliphatic carbocycles. The summed E-state index contributed by atoms with van der Waals surface area (Å²) in [6.07, 6.45) is 5.00. The van der Waals surface area contributed by atoms with Gasteiger partial charge in [-0.3, -0.25) is 14.2 Å². The molecule has 0 atom stereocenters. The number of aryl methyl sites for hydroxylation is 2. The second kappa shape index (κ2) is 14.1. The summed E-state index contributed by atoms with van der Waals surface area (Å²) in [6, 6.07) is 10.7. The quantitative estimate of drug-likeness (QED) is 0.209. The summed E-state index contributed by atoms with van der Waals surface area (Å²) >= 11 is 6.46. The zero-order valence-corrected chi connectivity index (χ0v) is 30.1. The number of likely N-dealkylation sites (N-methyl/N-ethyl adjacent to an activating group) is 1. The van der Waals surface area contributed by atoms with Crippen LogP contribution in [0, 0.1) is 25.1 Å². The second-order valence-electron chi connectivity index (χ2n) is 14.9. The number of fused-ring (bicyclic) bond motifs is 1. The fourth-order valence-electron chi connectivity index (χ4n) is 7.25. The Morgan fingerprint density at radius 3 is 2.43 bits per heavy atom. The number of benzene rings is 2. The number of nitrogens with one attached hydrogen (secondary N) is 2. The molecule has 1 saturated heterocycles. The summed E-state index contributed by atoms with van der Waals surface area (Å²) in [7, 11) is 2.15. The number of hydrogen-bond donors (Lipinski definition) is 2. The maximum atomic E-state index is 14.7. The Morgan fingerprint density at radius 2 is 1.76 bits per heavy atom. The number of amides is 1. The van der Waals surface area contributed by atoms with Gasteiger partial charge in [0.05, 0.1) is 10.6 Å². The number of piperazine rings is 1. The molecule has 2 aromatic heterocycles. The fraction of sp³-hybridized carbons (Fsp3) is 0.474. The van der Waals surface area contributed by atoms with Crippen molar-refractivity contribution in [3.63, 3.8) is 0 Å². The number of carbonyl (C=O) groups excluding carboxylic acids is 1. The predicted octanol–water partition coefficient (Wildman–Crippen LogP) is 7.40. The number of anilines is 3. The Hall–Kier alpha value is -4.02. The summed E-state index contributed by atoms with van der Waals surface area (Å²) in [5, 5.41) is 7.18. The van der Waals surface area contributed by atoms with Crippen LogP contribution in [0.2, 0.25) is 5.02 Å². The van der Waals surface area contributed by atoms with Crippen molar-refractivity contribution in [1.29, 1.82) is 0 Å². The highest BCUT2D eigenvalue weighted by molar-refractivity contribution is 6.33. The van der Waals surface area contributed by atoms with Crippen LogP contribution in [0.4, 0.5) is 21.7 Å². The molecule has 0 spiro atoms. The number of carbonyl (C=O) groups is 1. The van der Waals surface area contributed by atoms with E-state index in [0.717, 1.165) is 50.3 Å². The maximum absolute atomic E-state index is 14.7. The van der Waals surface area contributed by atoms with Gasteiger partial charge in [-0.15, -0.1) is 0 Å². The fourth-order valence-corrected chi connectivity index (χ4v) is 7.47. The standard InChI is InChI=1S/C38H47ClFN7O2/c1-23-20-26(12-15-31(23)46-18-16-45(6)17-19-46)43-37-41-22-29-24(2)33(28-8-7-9-30(40)34(28)39)36(49)47(35(29)44-37)27-13-10-25(11-14-27)42-32(48)21-38(3,4)5/h7-9,12,15,20,22,25,27H,10-11,13-14,16-19,21H2,1-6H3,(H,42,48)(H,41,43,44)/t25-,27+. The molecule has 2 aliphatic rings. The van der Waals surface area contributed by atoms with Crippen molar-refractivity contribution in [1.82, 2.24) is 24.8 Å². The highest BCUT2D eigenvalue weighted by atomic mass is 35.5. The van der Waals surface area contributed by atoms with E-state index < -0.39 is 5.82 Å². The van der Waals surface area contributed by atoms with E-state index in [4.69, 9.17) is 16.6 Å². The van der Waals surface area contributed by atoms with Crippen molar-refractivity contribution in [2.24, 2.45) is 5.41 Å². The van der Waals surface area contributed by atoms with Gasteiger partial charge in [0.2, 0.25) is 11.9 Å². The molecule has 4 aromatic rings. The van der Waals surface area contributed by atoms with Gasteiger partial charge in [0.15, 0.2) is 0 Å². The van der Waals surface area contributed by atoms with Crippen molar-refractivity contribution in [2.75, 3.05) is 43.4 Å². The molecule has 0 unspecified atom stereocenters. The smallest absolute Gasteiger partial charge is 0.260 e. The van der Waals surface area contributed by atoms with Crippen molar-refractivity contribution >= 4 is 45.9 Å². The normalized spacial score (nSPS) is 18.9. The molecule has 0 bridgehead atoms. The van der Waals surface area contributed by atoms with Crippen LogP contribution in [0.5, 0.6) is 0 Å². The van der Waals surface area contributed by atoms with Gasteiger partial charge in [-0.1, -0.05) is 44.5 Å². The van der Waals surface area contributed by atoms with Crippen LogP contribution in [-0.2, 0) is 4.79 Å². The van der Waals surface area contributed by atoms with Crippen LogP contribution < -0.4 is 21.1 Å². The van der Waals surface area contributed by atoms with Crippen LogP contribution in [0.25, 0.3) is 22.2 Å². The van der Waals surface area contributed by atoms with E-state index in [1.807, 2.05) is 13.0 Å². The predicted molar refractivity (Wildman–Crippen MR) is 197 cm³/mol. The van der Waals surface area contributed by atoms with Crippen LogP contribution in [0.15, 0.2) is 47.4 Å². The Kier molecular flexibility index (Phi) is 10.0. The lowest BCUT2D eigenvalue weighted by molar-refractivity contribution is -0.123. The first-order chi connectivity index (χ1) is 23.3. The van der Waals surface area contributed by atoms with Gasteiger partial charge in [0, 0.05) is 73.2 Å². The monoisotopic (exact) mass is 687 g/mol. The largest absolute Gasteiger partial charge is 0.369 e. The Bertz CT molecular complexity index is 1920. The van der Waals surface area contributed by atoms with Gasteiger partial charge < -0.3 is 20.4 Å². The summed E-state index contributed by atoms with van der Waals surface area (Å²) in [5.41, 5.74) is 4.72. The van der Waals surface area contributed by atoms with Gasteiger partial charge >= 0.3 is 0 Å². The molecule has 2 fully saturated rings. The highest BCUT2D eigenvalue weighted by Crippen LogP contribution is 2.36. The molecule has 11 heteroatoms. The van der Waals surface area contributed by atoms with Gasteiger partial charge in [0.25, 0.3) is 5.56 Å². The van der Waals surface area contributed by atoms with Crippen molar-refractivity contribution < 1.29 is 9.18 Å². The van der Waals surface area contributed by atoms with E-state index >= 15 is 0 Å². The van der Waals surface area contributed by atoms with E-state index in [1.165, 1.54) is 11.8 Å². The molecule has 260 valence electrons. The maximum Gasteiger partial charge on any atom is 0.260 e. The van der Waals surface area contributed by atoms with Gasteiger partial charge in [-0.05, 0) is 87.4 Å². The first-order valence-electron chi connectivity index (χ1n) is 17.3. The molecule has 1 amide bonds. The summed E-state index contributed by atoms with van der Waals surface area (Å²) < 4.78 is 16.4. The summed E-state index contributed by atoms with van der Waals surface area (Å²) in [5.74, 6) is -0.153. The summed E-state index contributed by atoms with van der Waals surface area (Å²) in [6.45, 7) is 14.2. The molecule has 3 heterocycles. The van der Waals surface area contributed by atoms with Crippen LogP contribution >= 0.6 is 11.6 Å². The molecular weight excluding hydrogens is 641 g/mol. The third-order valence-corrected chi connectivity index (χ3v) is 10.2. The molecule has 0 radical (unpaired) electrons. The number of pyridine rings is 1. The van der Waals surface area contributed by atoms with E-state index in [9.17, 15) is 14.0 Å². The van der Waals surface area contributed by atoms with Gasteiger partial charge in [-0.25, -0.2) is 9.37 Å². The van der Waals surface area contributed by atoms with E-state index in [2.05, 4.69) is 72.3 Å². The molecule has 1 saturated carbocycles. The topological polar surface area (TPSA) is 95.4 Å². The Balaban J connectivity index is 1.35. The number of halogens is 2. The average molecular weight is 688 g/mol. The second-order valence-corrected chi connectivity index (χ2v) is 15.3. The van der Waals surface area contributed by atoms with Crippen LogP contribution in [0.3, 0.4) is 0 Å².